The van der Waals surface area contributed by atoms with Gasteiger partial charge in [0, 0.05) is 34.9 Å². The number of nitro benzene ring substituents is 1. The normalized spacial score (nSPS) is 14.1. The second-order valence-electron chi connectivity index (χ2n) is 4.32. The molecule has 2 atom stereocenters. The van der Waals surface area contributed by atoms with Crippen LogP contribution in [0.4, 0.5) is 5.69 Å². The number of nitrogens with zero attached hydrogens (tertiary/aromatic N) is 1. The van der Waals surface area contributed by atoms with Gasteiger partial charge in [0.1, 0.15) is 5.02 Å². The van der Waals surface area contributed by atoms with E-state index in [0.29, 0.717) is 6.54 Å². The lowest BCUT2D eigenvalue weighted by molar-refractivity contribution is -0.384. The molecule has 1 aromatic carbocycles. The summed E-state index contributed by atoms with van der Waals surface area (Å²) in [4.78, 5) is 10.2. The van der Waals surface area contributed by atoms with Crippen molar-refractivity contribution in [3.63, 3.8) is 0 Å². The van der Waals surface area contributed by atoms with Gasteiger partial charge in [-0.2, -0.15) is 0 Å². The summed E-state index contributed by atoms with van der Waals surface area (Å²) in [6, 6.07) is 4.75. The van der Waals surface area contributed by atoms with Gasteiger partial charge in [0.25, 0.3) is 5.69 Å². The smallest absolute Gasteiger partial charge is 0.288 e. The third kappa shape index (κ3) is 5.26. The molecule has 0 spiro atoms. The standard InChI is InChI=1S/C12H17ClN2O3S/c1-9(19(2)18)5-6-14-8-10-3-4-11(13)12(7-10)15(16)17/h3-4,7,9,14H,5-6,8H2,1-2H3. The van der Waals surface area contributed by atoms with Crippen molar-refractivity contribution in [2.45, 2.75) is 25.1 Å². The summed E-state index contributed by atoms with van der Waals surface area (Å²) in [6.45, 7) is 3.18. The number of hydrogen-bond donors (Lipinski definition) is 1. The molecule has 0 aliphatic heterocycles. The number of hydrogen-bond acceptors (Lipinski definition) is 4. The van der Waals surface area contributed by atoms with Gasteiger partial charge in [0.15, 0.2) is 0 Å². The number of rotatable bonds is 7. The second-order valence-corrected chi connectivity index (χ2v) is 6.53. The first kappa shape index (κ1) is 16.1. The molecule has 19 heavy (non-hydrogen) atoms. The predicted molar refractivity (Wildman–Crippen MR) is 78.0 cm³/mol. The van der Waals surface area contributed by atoms with Crippen LogP contribution in [-0.2, 0) is 17.3 Å². The van der Waals surface area contributed by atoms with Crippen LogP contribution in [0.1, 0.15) is 18.9 Å². The Morgan fingerprint density at radius 3 is 2.79 bits per heavy atom. The van der Waals surface area contributed by atoms with E-state index < -0.39 is 15.7 Å². The number of nitro groups is 1. The fourth-order valence-corrected chi connectivity index (χ4v) is 2.15. The van der Waals surface area contributed by atoms with Gasteiger partial charge in [0.05, 0.1) is 4.92 Å². The maximum Gasteiger partial charge on any atom is 0.288 e. The molecule has 1 rings (SSSR count). The minimum Gasteiger partial charge on any atom is -0.313 e. The van der Waals surface area contributed by atoms with Crippen LogP contribution in [0.3, 0.4) is 0 Å². The Morgan fingerprint density at radius 2 is 2.21 bits per heavy atom. The van der Waals surface area contributed by atoms with E-state index in [1.807, 2.05) is 6.92 Å². The molecule has 0 amide bonds. The first-order chi connectivity index (χ1) is 8.91. The average molecular weight is 305 g/mol. The van der Waals surface area contributed by atoms with Gasteiger partial charge in [-0.3, -0.25) is 14.3 Å². The van der Waals surface area contributed by atoms with Crippen molar-refractivity contribution >= 4 is 28.1 Å². The van der Waals surface area contributed by atoms with E-state index in [9.17, 15) is 14.3 Å². The Kier molecular flexibility index (Phi) is 6.41. The summed E-state index contributed by atoms with van der Waals surface area (Å²) in [5.74, 6) is 0. The number of benzene rings is 1. The molecule has 7 heteroatoms. The Morgan fingerprint density at radius 1 is 1.53 bits per heavy atom. The van der Waals surface area contributed by atoms with Gasteiger partial charge in [-0.1, -0.05) is 24.6 Å². The maximum absolute atomic E-state index is 11.2. The topological polar surface area (TPSA) is 72.2 Å². The van der Waals surface area contributed by atoms with E-state index in [0.717, 1.165) is 18.5 Å². The molecule has 1 aromatic rings. The maximum atomic E-state index is 11.2. The molecule has 1 N–H and O–H groups in total. The summed E-state index contributed by atoms with van der Waals surface area (Å²) in [5.41, 5.74) is 0.727. The Labute approximate surface area is 120 Å². The third-order valence-electron chi connectivity index (χ3n) is 2.83. The molecule has 0 bridgehead atoms. The third-order valence-corrected chi connectivity index (χ3v) is 4.52. The molecule has 0 aliphatic carbocycles. The van der Waals surface area contributed by atoms with Crippen molar-refractivity contribution in [2.75, 3.05) is 12.8 Å². The molecule has 0 aliphatic rings. The SMILES string of the molecule is CC(CCNCc1ccc(Cl)c([N+](=O)[O-])c1)S(C)=O. The largest absolute Gasteiger partial charge is 0.313 e. The van der Waals surface area contributed by atoms with Gasteiger partial charge in [-0.25, -0.2) is 0 Å². The molecule has 106 valence electrons. The van der Waals surface area contributed by atoms with Crippen LogP contribution in [0.15, 0.2) is 18.2 Å². The number of halogens is 1. The van der Waals surface area contributed by atoms with Crippen LogP contribution in [0.5, 0.6) is 0 Å². The zero-order valence-corrected chi connectivity index (χ0v) is 12.5. The predicted octanol–water partition coefficient (Wildman–Crippen LogP) is 2.49. The van der Waals surface area contributed by atoms with E-state index in [1.54, 1.807) is 12.3 Å². The van der Waals surface area contributed by atoms with Crippen LogP contribution >= 0.6 is 11.6 Å². The van der Waals surface area contributed by atoms with Crippen molar-refractivity contribution in [1.29, 1.82) is 0 Å². The quantitative estimate of drug-likeness (QED) is 0.477. The van der Waals surface area contributed by atoms with E-state index in [4.69, 9.17) is 11.6 Å². The average Bonchev–Trinajstić information content (AvgIpc) is 2.35. The summed E-state index contributed by atoms with van der Waals surface area (Å²) >= 11 is 5.73. The summed E-state index contributed by atoms with van der Waals surface area (Å²) in [6.07, 6.45) is 2.49. The van der Waals surface area contributed by atoms with E-state index in [2.05, 4.69) is 5.32 Å². The highest BCUT2D eigenvalue weighted by molar-refractivity contribution is 7.84. The molecule has 0 saturated carbocycles. The summed E-state index contributed by atoms with van der Waals surface area (Å²) < 4.78 is 11.2. The molecule has 0 fully saturated rings. The van der Waals surface area contributed by atoms with Gasteiger partial charge in [-0.15, -0.1) is 0 Å². The van der Waals surface area contributed by atoms with E-state index in [1.165, 1.54) is 12.1 Å². The molecular formula is C12H17ClN2O3S. The lowest BCUT2D eigenvalue weighted by Gasteiger charge is -2.09. The lowest BCUT2D eigenvalue weighted by Crippen LogP contribution is -2.20. The van der Waals surface area contributed by atoms with Crippen LogP contribution < -0.4 is 5.32 Å². The Hall–Kier alpha value is -0.980. The highest BCUT2D eigenvalue weighted by atomic mass is 35.5. The van der Waals surface area contributed by atoms with Crippen molar-refractivity contribution in [1.82, 2.24) is 5.32 Å². The first-order valence-corrected chi connectivity index (χ1v) is 7.87. The van der Waals surface area contributed by atoms with E-state index >= 15 is 0 Å². The van der Waals surface area contributed by atoms with Crippen LogP contribution in [0.2, 0.25) is 5.02 Å². The molecule has 0 aromatic heterocycles. The Balaban J connectivity index is 2.48. The van der Waals surface area contributed by atoms with Crippen molar-refractivity contribution in [3.8, 4) is 0 Å². The summed E-state index contributed by atoms with van der Waals surface area (Å²) in [7, 11) is -0.818. The Bertz CT molecular complexity index is 482. The van der Waals surface area contributed by atoms with Crippen LogP contribution in [0.25, 0.3) is 0 Å². The minimum atomic E-state index is -0.818. The van der Waals surface area contributed by atoms with Gasteiger partial charge >= 0.3 is 0 Å². The van der Waals surface area contributed by atoms with Crippen molar-refractivity contribution in [3.05, 3.63) is 38.9 Å². The molecule has 2 unspecified atom stereocenters. The lowest BCUT2D eigenvalue weighted by atomic mass is 10.2. The fourth-order valence-electron chi connectivity index (χ4n) is 1.51. The summed E-state index contributed by atoms with van der Waals surface area (Å²) in [5, 5.41) is 14.2. The number of nitrogens with one attached hydrogen (secondary N) is 1. The molecule has 5 nitrogen and oxygen atoms in total. The zero-order chi connectivity index (χ0) is 14.4. The van der Waals surface area contributed by atoms with Crippen molar-refractivity contribution < 1.29 is 9.13 Å². The second kappa shape index (κ2) is 7.57. The van der Waals surface area contributed by atoms with Gasteiger partial charge in [-0.05, 0) is 24.6 Å². The fraction of sp³-hybridized carbons (Fsp3) is 0.500. The van der Waals surface area contributed by atoms with Gasteiger partial charge in [0.2, 0.25) is 0 Å². The highest BCUT2D eigenvalue weighted by Gasteiger charge is 2.12. The minimum absolute atomic E-state index is 0.0796. The van der Waals surface area contributed by atoms with E-state index in [-0.39, 0.29) is 16.0 Å². The molecule has 0 radical (unpaired) electrons. The van der Waals surface area contributed by atoms with Crippen LogP contribution in [0, 0.1) is 10.1 Å². The van der Waals surface area contributed by atoms with Crippen molar-refractivity contribution in [2.24, 2.45) is 0 Å². The highest BCUT2D eigenvalue weighted by Crippen LogP contribution is 2.24. The first-order valence-electron chi connectivity index (χ1n) is 5.87. The molecular weight excluding hydrogens is 288 g/mol. The zero-order valence-electron chi connectivity index (χ0n) is 10.9. The molecule has 0 heterocycles. The van der Waals surface area contributed by atoms with Crippen LogP contribution in [-0.4, -0.2) is 27.2 Å². The van der Waals surface area contributed by atoms with Gasteiger partial charge < -0.3 is 5.32 Å². The molecule has 0 saturated heterocycles. The monoisotopic (exact) mass is 304 g/mol.